The van der Waals surface area contributed by atoms with Crippen molar-refractivity contribution in [2.45, 2.75) is 12.5 Å². The summed E-state index contributed by atoms with van der Waals surface area (Å²) in [6.45, 7) is 0.548. The van der Waals surface area contributed by atoms with Crippen LogP contribution in [0.3, 0.4) is 0 Å². The highest BCUT2D eigenvalue weighted by Gasteiger charge is 2.28. The number of hydrogen-bond acceptors (Lipinski definition) is 4. The van der Waals surface area contributed by atoms with Gasteiger partial charge in [0.25, 0.3) is 0 Å². The maximum Gasteiger partial charge on any atom is 0.407 e. The molecule has 0 aromatic heterocycles. The predicted octanol–water partition coefficient (Wildman–Crippen LogP) is 3.55. The third-order valence-electron chi connectivity index (χ3n) is 4.34. The van der Waals surface area contributed by atoms with Crippen LogP contribution in [-0.2, 0) is 4.74 Å². The molecule has 6 nitrogen and oxygen atoms in total. The second-order valence-electron chi connectivity index (χ2n) is 6.09. The number of methoxy groups -OCH3 is 1. The van der Waals surface area contributed by atoms with Crippen molar-refractivity contribution < 1.29 is 33.0 Å². The van der Waals surface area contributed by atoms with Crippen molar-refractivity contribution in [1.82, 2.24) is 4.90 Å². The van der Waals surface area contributed by atoms with Crippen LogP contribution >= 0.6 is 0 Å². The third-order valence-corrected chi connectivity index (χ3v) is 4.34. The van der Waals surface area contributed by atoms with Crippen LogP contribution in [0.4, 0.5) is 13.6 Å². The first-order valence-corrected chi connectivity index (χ1v) is 8.21. The summed E-state index contributed by atoms with van der Waals surface area (Å²) in [4.78, 5) is 24.1. The Kier molecular flexibility index (Phi) is 5.25. The summed E-state index contributed by atoms with van der Waals surface area (Å²) in [6.07, 6.45) is -0.903. The van der Waals surface area contributed by atoms with Crippen LogP contribution in [0.2, 0.25) is 0 Å². The zero-order valence-corrected chi connectivity index (χ0v) is 14.4. The van der Waals surface area contributed by atoms with Crippen molar-refractivity contribution in [2.75, 3.05) is 20.2 Å². The number of rotatable bonds is 4. The summed E-state index contributed by atoms with van der Waals surface area (Å²) < 4.78 is 37.6. The van der Waals surface area contributed by atoms with Crippen LogP contribution in [0.5, 0.6) is 5.75 Å². The van der Waals surface area contributed by atoms with Crippen molar-refractivity contribution in [2.24, 2.45) is 0 Å². The molecular formula is C19H17F2NO5. The van der Waals surface area contributed by atoms with Gasteiger partial charge in [-0.15, -0.1) is 0 Å². The van der Waals surface area contributed by atoms with E-state index < -0.39 is 23.7 Å². The van der Waals surface area contributed by atoms with E-state index in [1.807, 2.05) is 0 Å². The van der Waals surface area contributed by atoms with E-state index in [0.717, 1.165) is 12.1 Å². The molecule has 0 spiro atoms. The molecule has 3 rings (SSSR count). The minimum Gasteiger partial charge on any atom is -0.488 e. The largest absolute Gasteiger partial charge is 0.488 e. The first-order valence-electron chi connectivity index (χ1n) is 8.21. The van der Waals surface area contributed by atoms with Gasteiger partial charge in [-0.25, -0.2) is 18.4 Å². The van der Waals surface area contributed by atoms with E-state index in [0.29, 0.717) is 29.8 Å². The van der Waals surface area contributed by atoms with E-state index in [2.05, 4.69) is 0 Å². The fraction of sp³-hybridized carbons (Fsp3) is 0.263. The molecule has 1 heterocycles. The van der Waals surface area contributed by atoms with Gasteiger partial charge in [-0.2, -0.15) is 0 Å². The number of ether oxygens (including phenoxy) is 2. The summed E-state index contributed by atoms with van der Waals surface area (Å²) >= 11 is 0. The number of carboxylic acid groups (broad SMARTS) is 1. The molecule has 0 aliphatic carbocycles. The lowest BCUT2D eigenvalue weighted by molar-refractivity contribution is 0.0600. The number of carbonyl (C=O) groups excluding carboxylic acids is 1. The summed E-state index contributed by atoms with van der Waals surface area (Å²) in [5.74, 6) is -2.26. The SMILES string of the molecule is COC(=O)c1ccc(O[C@H]2CCN(C(=O)O)C2)c(-c2ccc(F)c(F)c2)c1. The van der Waals surface area contributed by atoms with E-state index >= 15 is 0 Å². The number of benzene rings is 2. The molecule has 0 saturated carbocycles. The highest BCUT2D eigenvalue weighted by molar-refractivity contribution is 5.92. The average Bonchev–Trinajstić information content (AvgIpc) is 3.12. The summed E-state index contributed by atoms with van der Waals surface area (Å²) in [6, 6.07) is 7.87. The molecule has 1 atom stereocenters. The second kappa shape index (κ2) is 7.61. The average molecular weight is 377 g/mol. The molecular weight excluding hydrogens is 360 g/mol. The van der Waals surface area contributed by atoms with Gasteiger partial charge in [0, 0.05) is 18.5 Å². The monoisotopic (exact) mass is 377 g/mol. The van der Waals surface area contributed by atoms with Gasteiger partial charge in [-0.05, 0) is 35.9 Å². The second-order valence-corrected chi connectivity index (χ2v) is 6.09. The minimum atomic E-state index is -1.03. The van der Waals surface area contributed by atoms with E-state index in [-0.39, 0.29) is 18.2 Å². The van der Waals surface area contributed by atoms with Crippen molar-refractivity contribution in [3.63, 3.8) is 0 Å². The van der Waals surface area contributed by atoms with Crippen LogP contribution < -0.4 is 4.74 Å². The first-order chi connectivity index (χ1) is 12.9. The molecule has 2 aromatic carbocycles. The topological polar surface area (TPSA) is 76.1 Å². The molecule has 0 radical (unpaired) electrons. The summed E-state index contributed by atoms with van der Waals surface area (Å²) in [5.41, 5.74) is 0.927. The lowest BCUT2D eigenvalue weighted by Crippen LogP contribution is -2.29. The Morgan fingerprint density at radius 3 is 2.56 bits per heavy atom. The zero-order chi connectivity index (χ0) is 19.6. The highest BCUT2D eigenvalue weighted by atomic mass is 19.2. The third kappa shape index (κ3) is 3.99. The zero-order valence-electron chi connectivity index (χ0n) is 14.4. The smallest absolute Gasteiger partial charge is 0.407 e. The predicted molar refractivity (Wildman–Crippen MR) is 91.8 cm³/mol. The molecule has 27 heavy (non-hydrogen) atoms. The molecule has 1 aliphatic rings. The number of esters is 1. The summed E-state index contributed by atoms with van der Waals surface area (Å²) in [7, 11) is 1.24. The molecule has 0 bridgehead atoms. The van der Waals surface area contributed by atoms with Crippen molar-refractivity contribution in [1.29, 1.82) is 0 Å². The molecule has 142 valence electrons. The summed E-state index contributed by atoms with van der Waals surface area (Å²) in [5, 5.41) is 9.05. The van der Waals surface area contributed by atoms with E-state index in [9.17, 15) is 18.4 Å². The van der Waals surface area contributed by atoms with Crippen molar-refractivity contribution in [3.8, 4) is 16.9 Å². The van der Waals surface area contributed by atoms with Crippen LogP contribution in [-0.4, -0.2) is 48.4 Å². The van der Waals surface area contributed by atoms with Gasteiger partial charge in [0.2, 0.25) is 0 Å². The van der Waals surface area contributed by atoms with Crippen LogP contribution in [0.25, 0.3) is 11.1 Å². The van der Waals surface area contributed by atoms with Gasteiger partial charge in [0.05, 0.1) is 19.2 Å². The number of nitrogens with zero attached hydrogens (tertiary/aromatic N) is 1. The van der Waals surface area contributed by atoms with E-state index in [4.69, 9.17) is 14.6 Å². The molecule has 2 aromatic rings. The first kappa shape index (κ1) is 18.6. The van der Waals surface area contributed by atoms with E-state index in [1.165, 1.54) is 36.3 Å². The van der Waals surface area contributed by atoms with Gasteiger partial charge in [-0.3, -0.25) is 0 Å². The Balaban J connectivity index is 1.96. The maximum absolute atomic E-state index is 13.7. The fourth-order valence-electron chi connectivity index (χ4n) is 2.94. The van der Waals surface area contributed by atoms with Crippen LogP contribution in [0.1, 0.15) is 16.8 Å². The van der Waals surface area contributed by atoms with Gasteiger partial charge in [0.1, 0.15) is 11.9 Å². The Morgan fingerprint density at radius 2 is 1.93 bits per heavy atom. The number of likely N-dealkylation sites (tertiary alicyclic amines) is 1. The minimum absolute atomic E-state index is 0.200. The number of hydrogen-bond donors (Lipinski definition) is 1. The van der Waals surface area contributed by atoms with Crippen molar-refractivity contribution >= 4 is 12.1 Å². The molecule has 1 aliphatic heterocycles. The molecule has 1 fully saturated rings. The van der Waals surface area contributed by atoms with Gasteiger partial charge < -0.3 is 19.5 Å². The number of halogens is 2. The highest BCUT2D eigenvalue weighted by Crippen LogP contribution is 2.34. The van der Waals surface area contributed by atoms with Crippen LogP contribution in [0.15, 0.2) is 36.4 Å². The van der Waals surface area contributed by atoms with Crippen LogP contribution in [0, 0.1) is 11.6 Å². The lowest BCUT2D eigenvalue weighted by atomic mass is 10.0. The van der Waals surface area contributed by atoms with Gasteiger partial charge in [-0.1, -0.05) is 6.07 Å². The number of amides is 1. The van der Waals surface area contributed by atoms with Gasteiger partial charge >= 0.3 is 12.1 Å². The normalized spacial score (nSPS) is 16.3. The number of carbonyl (C=O) groups is 2. The molecule has 8 heteroatoms. The molecule has 1 amide bonds. The molecule has 1 N–H and O–H groups in total. The van der Waals surface area contributed by atoms with Crippen molar-refractivity contribution in [3.05, 3.63) is 53.6 Å². The fourth-order valence-corrected chi connectivity index (χ4v) is 2.94. The van der Waals surface area contributed by atoms with Gasteiger partial charge in [0.15, 0.2) is 11.6 Å². The quantitative estimate of drug-likeness (QED) is 0.825. The standard InChI is InChI=1S/C19H17F2NO5/c1-26-18(23)12-3-5-17(27-13-6-7-22(10-13)19(24)25)14(8-12)11-2-4-15(20)16(21)9-11/h2-5,8-9,13H,6-7,10H2,1H3,(H,24,25)/t13-/m0/s1. The lowest BCUT2D eigenvalue weighted by Gasteiger charge is -2.18. The molecule has 1 saturated heterocycles. The Bertz CT molecular complexity index is 886. The maximum atomic E-state index is 13.7. The Labute approximate surface area is 153 Å². The van der Waals surface area contributed by atoms with E-state index in [1.54, 1.807) is 0 Å². The molecule has 0 unspecified atom stereocenters. The Hall–Kier alpha value is -3.16. The Morgan fingerprint density at radius 1 is 1.15 bits per heavy atom.